The Hall–Kier alpha value is -2.64. The van der Waals surface area contributed by atoms with E-state index < -0.39 is 23.5 Å². The van der Waals surface area contributed by atoms with Gasteiger partial charge in [0.1, 0.15) is 11.6 Å². The van der Waals surface area contributed by atoms with E-state index in [0.717, 1.165) is 48.9 Å². The summed E-state index contributed by atoms with van der Waals surface area (Å²) in [6.07, 6.45) is 0.440. The van der Waals surface area contributed by atoms with Crippen LogP contribution in [0.25, 0.3) is 0 Å². The summed E-state index contributed by atoms with van der Waals surface area (Å²) in [5, 5.41) is 2.92. The molecule has 1 saturated carbocycles. The minimum atomic E-state index is -4.79. The molecule has 1 fully saturated rings. The maximum absolute atomic E-state index is 13.6. The van der Waals surface area contributed by atoms with Gasteiger partial charge in [-0.05, 0) is 68.2 Å². The zero-order valence-electron chi connectivity index (χ0n) is 15.8. The van der Waals surface area contributed by atoms with Crippen LogP contribution in [0.3, 0.4) is 0 Å². The number of benzene rings is 1. The van der Waals surface area contributed by atoms with E-state index in [1.807, 2.05) is 0 Å². The van der Waals surface area contributed by atoms with Gasteiger partial charge in [-0.25, -0.2) is 14.2 Å². The highest BCUT2D eigenvalue weighted by atomic mass is 19.4. The fourth-order valence-electron chi connectivity index (χ4n) is 4.49. The minimum absolute atomic E-state index is 0.0961. The van der Waals surface area contributed by atoms with Crippen molar-refractivity contribution in [2.45, 2.75) is 50.6 Å². The summed E-state index contributed by atoms with van der Waals surface area (Å²) in [6, 6.07) is 2.78. The monoisotopic (exact) mass is 408 g/mol. The van der Waals surface area contributed by atoms with E-state index in [-0.39, 0.29) is 24.1 Å². The van der Waals surface area contributed by atoms with Gasteiger partial charge in [-0.15, -0.1) is 0 Å². The molecule has 1 heterocycles. The first-order chi connectivity index (χ1) is 13.8. The van der Waals surface area contributed by atoms with Crippen molar-refractivity contribution in [3.8, 4) is 0 Å². The molecule has 2 aromatic rings. The summed E-state index contributed by atoms with van der Waals surface area (Å²) in [5.41, 5.74) is 0.953. The number of nitrogens with one attached hydrogen (secondary N) is 1. The summed E-state index contributed by atoms with van der Waals surface area (Å²) in [4.78, 5) is 16.7. The molecule has 154 valence electrons. The third-order valence-corrected chi connectivity index (χ3v) is 5.73. The summed E-state index contributed by atoms with van der Waals surface area (Å²) in [6.45, 7) is 1.98. The van der Waals surface area contributed by atoms with Gasteiger partial charge in [-0.1, -0.05) is 0 Å². The van der Waals surface area contributed by atoms with Crippen LogP contribution in [0, 0.1) is 5.82 Å². The van der Waals surface area contributed by atoms with Crippen LogP contribution in [0.2, 0.25) is 0 Å². The second-order valence-electron chi connectivity index (χ2n) is 7.43. The van der Waals surface area contributed by atoms with Crippen LogP contribution >= 0.6 is 0 Å². The Balaban J connectivity index is 1.77. The van der Waals surface area contributed by atoms with E-state index in [9.17, 15) is 22.4 Å². The summed E-state index contributed by atoms with van der Waals surface area (Å²) in [5.74, 6) is -0.952. The predicted molar refractivity (Wildman–Crippen MR) is 98.8 cm³/mol. The highest BCUT2D eigenvalue weighted by Crippen LogP contribution is 2.52. The van der Waals surface area contributed by atoms with Crippen molar-refractivity contribution >= 4 is 17.5 Å². The predicted octanol–water partition coefficient (Wildman–Crippen LogP) is 5.91. The van der Waals surface area contributed by atoms with Gasteiger partial charge in [-0.3, -0.25) is 0 Å². The highest BCUT2D eigenvalue weighted by molar-refractivity contribution is 5.92. The molecule has 4 nitrogen and oxygen atoms in total. The molecule has 0 saturated heterocycles. The van der Waals surface area contributed by atoms with Crippen LogP contribution < -0.4 is 5.32 Å². The third kappa shape index (κ3) is 3.56. The lowest BCUT2D eigenvalue weighted by molar-refractivity contribution is -0.139. The first kappa shape index (κ1) is 19.7. The Morgan fingerprint density at radius 2 is 1.83 bits per heavy atom. The molecule has 0 unspecified atom stereocenters. The number of pyridine rings is 1. The molecule has 3 aliphatic carbocycles. The number of halogens is 4. The van der Waals surface area contributed by atoms with Gasteiger partial charge in [-0.2, -0.15) is 13.2 Å². The van der Waals surface area contributed by atoms with Crippen LogP contribution in [0.4, 0.5) is 29.1 Å². The molecule has 1 N–H and O–H groups in total. The van der Waals surface area contributed by atoms with Crippen molar-refractivity contribution in [2.24, 2.45) is 0 Å². The molecule has 29 heavy (non-hydrogen) atoms. The molecule has 2 bridgehead atoms. The minimum Gasteiger partial charge on any atom is -0.462 e. The van der Waals surface area contributed by atoms with Gasteiger partial charge in [0.2, 0.25) is 0 Å². The van der Waals surface area contributed by atoms with Crippen molar-refractivity contribution in [2.75, 3.05) is 11.9 Å². The van der Waals surface area contributed by atoms with Gasteiger partial charge in [0.15, 0.2) is 0 Å². The molecular formula is C21H20F4N2O2. The number of hydrogen-bond donors (Lipinski definition) is 1. The number of fused-ring (bicyclic) bond motifs is 2. The van der Waals surface area contributed by atoms with E-state index in [2.05, 4.69) is 10.3 Å². The highest BCUT2D eigenvalue weighted by Gasteiger charge is 2.39. The van der Waals surface area contributed by atoms with Crippen molar-refractivity contribution < 1.29 is 27.1 Å². The number of carbonyl (C=O) groups is 1. The van der Waals surface area contributed by atoms with E-state index in [1.54, 1.807) is 6.92 Å². The maximum Gasteiger partial charge on any atom is 0.419 e. The summed E-state index contributed by atoms with van der Waals surface area (Å²) < 4.78 is 57.9. The van der Waals surface area contributed by atoms with Crippen LogP contribution in [-0.4, -0.2) is 17.6 Å². The summed E-state index contributed by atoms with van der Waals surface area (Å²) in [7, 11) is 0. The molecule has 5 rings (SSSR count). The fourth-order valence-corrected chi connectivity index (χ4v) is 4.49. The topological polar surface area (TPSA) is 51.2 Å². The smallest absolute Gasteiger partial charge is 0.419 e. The normalized spacial score (nSPS) is 20.3. The molecule has 1 aromatic heterocycles. The number of esters is 1. The zero-order valence-corrected chi connectivity index (χ0v) is 15.8. The lowest BCUT2D eigenvalue weighted by atomic mass is 9.66. The quantitative estimate of drug-likeness (QED) is 0.504. The first-order valence-electron chi connectivity index (χ1n) is 9.63. The van der Waals surface area contributed by atoms with Gasteiger partial charge >= 0.3 is 12.1 Å². The number of hydrogen-bond acceptors (Lipinski definition) is 4. The summed E-state index contributed by atoms with van der Waals surface area (Å²) >= 11 is 0. The number of alkyl halides is 3. The van der Waals surface area contributed by atoms with E-state index in [0.29, 0.717) is 11.4 Å². The number of nitrogens with zero attached hydrogens (tertiary/aromatic N) is 1. The molecule has 0 atom stereocenters. The third-order valence-electron chi connectivity index (χ3n) is 5.73. The molecule has 0 radical (unpaired) electrons. The lowest BCUT2D eigenvalue weighted by Crippen LogP contribution is -2.26. The van der Waals surface area contributed by atoms with Crippen LogP contribution in [0.5, 0.6) is 0 Å². The maximum atomic E-state index is 13.6. The van der Waals surface area contributed by atoms with E-state index >= 15 is 0 Å². The van der Waals surface area contributed by atoms with E-state index in [4.69, 9.17) is 4.74 Å². The fraction of sp³-hybridized carbons (Fsp3) is 0.429. The average Bonchev–Trinajstić information content (AvgIpc) is 2.69. The SMILES string of the molecule is CCOC(=O)c1cnc(Nc2ccc(F)c(C(F)(F)F)c2)c2c1C1CCC2CC1. The molecule has 8 heteroatoms. The zero-order chi connectivity index (χ0) is 20.8. The number of ether oxygens (including phenoxy) is 1. The molecule has 0 amide bonds. The van der Waals surface area contributed by atoms with Gasteiger partial charge < -0.3 is 10.1 Å². The van der Waals surface area contributed by atoms with Crippen molar-refractivity contribution in [3.05, 3.63) is 52.5 Å². The standard InChI is InChI=1S/C21H20F4N2O2/c1-2-29-20(28)14-10-26-19(18-12-5-3-11(4-6-12)17(14)18)27-13-7-8-16(22)15(9-13)21(23,24)25/h7-12H,2-6H2,1H3,(H,26,27). The Bertz CT molecular complexity index is 950. The first-order valence-corrected chi connectivity index (χ1v) is 9.63. The second kappa shape index (κ2) is 7.31. The Morgan fingerprint density at radius 3 is 2.45 bits per heavy atom. The molecule has 0 spiro atoms. The van der Waals surface area contributed by atoms with Crippen molar-refractivity contribution in [1.82, 2.24) is 4.98 Å². The Morgan fingerprint density at radius 1 is 1.17 bits per heavy atom. The molecule has 0 aliphatic heterocycles. The van der Waals surface area contributed by atoms with Crippen LogP contribution in [-0.2, 0) is 10.9 Å². The number of aromatic nitrogens is 1. The van der Waals surface area contributed by atoms with Gasteiger partial charge in [0, 0.05) is 17.4 Å². The Labute approximate surface area is 165 Å². The van der Waals surface area contributed by atoms with Gasteiger partial charge in [0.05, 0.1) is 17.7 Å². The number of carbonyl (C=O) groups excluding carboxylic acids is 1. The lowest BCUT2D eigenvalue weighted by Gasteiger charge is -2.40. The number of rotatable bonds is 4. The largest absolute Gasteiger partial charge is 0.462 e. The second-order valence-corrected chi connectivity index (χ2v) is 7.43. The van der Waals surface area contributed by atoms with E-state index in [1.165, 1.54) is 12.3 Å². The average molecular weight is 408 g/mol. The van der Waals surface area contributed by atoms with Crippen LogP contribution in [0.1, 0.15) is 71.5 Å². The molecular weight excluding hydrogens is 388 g/mol. The van der Waals surface area contributed by atoms with Gasteiger partial charge in [0.25, 0.3) is 0 Å². The van der Waals surface area contributed by atoms with Crippen LogP contribution in [0.15, 0.2) is 24.4 Å². The number of anilines is 2. The Kier molecular flexibility index (Phi) is 4.96. The van der Waals surface area contributed by atoms with Crippen molar-refractivity contribution in [1.29, 1.82) is 0 Å². The van der Waals surface area contributed by atoms with Crippen molar-refractivity contribution in [3.63, 3.8) is 0 Å². The molecule has 1 aromatic carbocycles. The molecule has 3 aliphatic rings.